The number of nitrogens with zero attached hydrogens (tertiary/aromatic N) is 1. The smallest absolute Gasteiger partial charge is 0.0190 e. The Labute approximate surface area is 75.4 Å². The lowest BCUT2D eigenvalue weighted by Crippen LogP contribution is -2.24. The Morgan fingerprint density at radius 2 is 2.42 bits per heavy atom. The molecule has 1 heterocycles. The van der Waals surface area contributed by atoms with Gasteiger partial charge in [0.15, 0.2) is 0 Å². The van der Waals surface area contributed by atoms with Crippen LogP contribution in [-0.4, -0.2) is 31.1 Å². The number of allylic oxidation sites excluding steroid dienone is 1. The van der Waals surface area contributed by atoms with E-state index in [0.717, 1.165) is 19.0 Å². The molecule has 0 aliphatic carbocycles. The number of rotatable bonds is 3. The van der Waals surface area contributed by atoms with Gasteiger partial charge in [-0.2, -0.15) is 0 Å². The predicted molar refractivity (Wildman–Crippen MR) is 53.0 cm³/mol. The van der Waals surface area contributed by atoms with E-state index >= 15 is 0 Å². The zero-order chi connectivity index (χ0) is 8.97. The van der Waals surface area contributed by atoms with E-state index in [1.807, 2.05) is 0 Å². The summed E-state index contributed by atoms with van der Waals surface area (Å²) in [6.07, 6.45) is 3.48. The van der Waals surface area contributed by atoms with Crippen molar-refractivity contribution in [2.45, 2.75) is 20.3 Å². The third kappa shape index (κ3) is 2.61. The highest BCUT2D eigenvalue weighted by Gasteiger charge is 2.20. The molecular weight excluding hydrogens is 148 g/mol. The van der Waals surface area contributed by atoms with Crippen molar-refractivity contribution < 1.29 is 0 Å². The molecule has 0 bridgehead atoms. The molecule has 0 radical (unpaired) electrons. The highest BCUT2D eigenvalue weighted by atomic mass is 15.1. The standard InChI is InChI=1S/C10H20N2/c1-3-9(2)7-12-5-4-10(6-11)8-12/h3,10H,4-8,11H2,1-2H3/b9-3-. The Morgan fingerprint density at radius 1 is 1.67 bits per heavy atom. The van der Waals surface area contributed by atoms with Crippen molar-refractivity contribution in [2.24, 2.45) is 11.7 Å². The number of hydrogen-bond acceptors (Lipinski definition) is 2. The molecule has 1 aliphatic heterocycles. The van der Waals surface area contributed by atoms with Crippen LogP contribution in [-0.2, 0) is 0 Å². The van der Waals surface area contributed by atoms with E-state index in [-0.39, 0.29) is 0 Å². The van der Waals surface area contributed by atoms with Gasteiger partial charge in [-0.1, -0.05) is 11.6 Å². The predicted octanol–water partition coefficient (Wildman–Crippen LogP) is 1.23. The molecule has 2 nitrogen and oxygen atoms in total. The molecule has 0 aromatic heterocycles. The van der Waals surface area contributed by atoms with Gasteiger partial charge in [-0.25, -0.2) is 0 Å². The minimum atomic E-state index is 0.745. The molecule has 1 fully saturated rings. The molecule has 0 amide bonds. The molecule has 1 saturated heterocycles. The molecule has 0 spiro atoms. The van der Waals surface area contributed by atoms with Gasteiger partial charge in [0.2, 0.25) is 0 Å². The van der Waals surface area contributed by atoms with Crippen molar-refractivity contribution in [3.05, 3.63) is 11.6 Å². The molecule has 1 atom stereocenters. The van der Waals surface area contributed by atoms with Crippen molar-refractivity contribution >= 4 is 0 Å². The number of hydrogen-bond donors (Lipinski definition) is 1. The van der Waals surface area contributed by atoms with Crippen molar-refractivity contribution in [1.82, 2.24) is 4.90 Å². The second-order valence-electron chi connectivity index (χ2n) is 3.76. The zero-order valence-corrected chi connectivity index (χ0v) is 8.21. The van der Waals surface area contributed by atoms with Crippen LogP contribution in [0.4, 0.5) is 0 Å². The third-order valence-corrected chi connectivity index (χ3v) is 2.67. The van der Waals surface area contributed by atoms with Crippen LogP contribution in [0.3, 0.4) is 0 Å². The van der Waals surface area contributed by atoms with Crippen molar-refractivity contribution in [3.63, 3.8) is 0 Å². The van der Waals surface area contributed by atoms with Gasteiger partial charge in [-0.05, 0) is 39.3 Å². The molecule has 0 saturated carbocycles. The summed E-state index contributed by atoms with van der Waals surface area (Å²) in [6.45, 7) is 8.70. The lowest BCUT2D eigenvalue weighted by atomic mass is 10.1. The fourth-order valence-corrected chi connectivity index (χ4v) is 1.69. The van der Waals surface area contributed by atoms with Crippen LogP contribution >= 0.6 is 0 Å². The van der Waals surface area contributed by atoms with E-state index in [4.69, 9.17) is 5.73 Å². The normalized spacial score (nSPS) is 26.6. The van der Waals surface area contributed by atoms with Crippen LogP contribution < -0.4 is 5.73 Å². The number of nitrogens with two attached hydrogens (primary N) is 1. The summed E-state index contributed by atoms with van der Waals surface area (Å²) in [5, 5.41) is 0. The van der Waals surface area contributed by atoms with Gasteiger partial charge in [0, 0.05) is 13.1 Å². The lowest BCUT2D eigenvalue weighted by molar-refractivity contribution is 0.352. The topological polar surface area (TPSA) is 29.3 Å². The van der Waals surface area contributed by atoms with E-state index in [1.165, 1.54) is 25.1 Å². The van der Waals surface area contributed by atoms with Gasteiger partial charge in [0.1, 0.15) is 0 Å². The minimum Gasteiger partial charge on any atom is -0.330 e. The van der Waals surface area contributed by atoms with Gasteiger partial charge in [-0.3, -0.25) is 4.90 Å². The highest BCUT2D eigenvalue weighted by Crippen LogP contribution is 2.15. The summed E-state index contributed by atoms with van der Waals surface area (Å²) in [5.74, 6) is 0.745. The molecule has 1 rings (SSSR count). The molecule has 0 aromatic rings. The minimum absolute atomic E-state index is 0.745. The largest absolute Gasteiger partial charge is 0.330 e. The fraction of sp³-hybridized carbons (Fsp3) is 0.800. The van der Waals surface area contributed by atoms with Crippen LogP contribution in [0.15, 0.2) is 11.6 Å². The summed E-state index contributed by atoms with van der Waals surface area (Å²) in [7, 11) is 0. The van der Waals surface area contributed by atoms with Crippen molar-refractivity contribution in [1.29, 1.82) is 0 Å². The average Bonchev–Trinajstić information content (AvgIpc) is 2.52. The first-order chi connectivity index (χ1) is 5.76. The molecule has 1 unspecified atom stereocenters. The summed E-state index contributed by atoms with van der Waals surface area (Å²) in [6, 6.07) is 0. The second-order valence-corrected chi connectivity index (χ2v) is 3.76. The van der Waals surface area contributed by atoms with Gasteiger partial charge in [0.05, 0.1) is 0 Å². The SMILES string of the molecule is C/C=C(/C)CN1CCC(CN)C1. The van der Waals surface area contributed by atoms with Gasteiger partial charge < -0.3 is 5.73 Å². The maximum Gasteiger partial charge on any atom is 0.0190 e. The molecule has 0 aromatic carbocycles. The molecule has 70 valence electrons. The summed E-state index contributed by atoms with van der Waals surface area (Å²) < 4.78 is 0. The molecule has 1 aliphatic rings. The molecule has 2 heteroatoms. The first-order valence-electron chi connectivity index (χ1n) is 4.80. The average molecular weight is 168 g/mol. The Hall–Kier alpha value is -0.340. The van der Waals surface area contributed by atoms with Gasteiger partial charge >= 0.3 is 0 Å². The van der Waals surface area contributed by atoms with Crippen molar-refractivity contribution in [3.8, 4) is 0 Å². The van der Waals surface area contributed by atoms with E-state index < -0.39 is 0 Å². The Bertz CT molecular complexity index is 163. The van der Waals surface area contributed by atoms with E-state index in [0.29, 0.717) is 0 Å². The Morgan fingerprint density at radius 3 is 2.92 bits per heavy atom. The lowest BCUT2D eigenvalue weighted by Gasteiger charge is -2.15. The molecule has 2 N–H and O–H groups in total. The van der Waals surface area contributed by atoms with Gasteiger partial charge in [0.25, 0.3) is 0 Å². The maximum atomic E-state index is 5.62. The van der Waals surface area contributed by atoms with Crippen LogP contribution in [0, 0.1) is 5.92 Å². The summed E-state index contributed by atoms with van der Waals surface area (Å²) >= 11 is 0. The Kier molecular flexibility index (Phi) is 3.76. The van der Waals surface area contributed by atoms with Crippen LogP contribution in [0.5, 0.6) is 0 Å². The first-order valence-corrected chi connectivity index (χ1v) is 4.80. The quantitative estimate of drug-likeness (QED) is 0.642. The second kappa shape index (κ2) is 4.63. The van der Waals surface area contributed by atoms with Crippen LogP contribution in [0.1, 0.15) is 20.3 Å². The van der Waals surface area contributed by atoms with E-state index in [1.54, 1.807) is 0 Å². The van der Waals surface area contributed by atoms with E-state index in [2.05, 4.69) is 24.8 Å². The Balaban J connectivity index is 2.28. The molecule has 12 heavy (non-hydrogen) atoms. The van der Waals surface area contributed by atoms with E-state index in [9.17, 15) is 0 Å². The van der Waals surface area contributed by atoms with Gasteiger partial charge in [-0.15, -0.1) is 0 Å². The molecular formula is C10H20N2. The summed E-state index contributed by atoms with van der Waals surface area (Å²) in [4.78, 5) is 2.49. The van der Waals surface area contributed by atoms with Crippen LogP contribution in [0.2, 0.25) is 0 Å². The van der Waals surface area contributed by atoms with Crippen LogP contribution in [0.25, 0.3) is 0 Å². The fourth-order valence-electron chi connectivity index (χ4n) is 1.69. The summed E-state index contributed by atoms with van der Waals surface area (Å²) in [5.41, 5.74) is 7.08. The highest BCUT2D eigenvalue weighted by molar-refractivity contribution is 4.99. The monoisotopic (exact) mass is 168 g/mol. The first kappa shape index (κ1) is 9.75. The number of likely N-dealkylation sites (tertiary alicyclic amines) is 1. The van der Waals surface area contributed by atoms with Crippen molar-refractivity contribution in [2.75, 3.05) is 26.2 Å². The zero-order valence-electron chi connectivity index (χ0n) is 8.21. The maximum absolute atomic E-state index is 5.62. The third-order valence-electron chi connectivity index (χ3n) is 2.67.